The Bertz CT molecular complexity index is 1260. The molecule has 0 bridgehead atoms. The van der Waals surface area contributed by atoms with Gasteiger partial charge in [0.2, 0.25) is 5.91 Å². The third kappa shape index (κ3) is 5.69. The summed E-state index contributed by atoms with van der Waals surface area (Å²) in [6, 6.07) is 13.8. The lowest BCUT2D eigenvalue weighted by molar-refractivity contribution is -0.159. The molecule has 38 heavy (non-hydrogen) atoms. The van der Waals surface area contributed by atoms with E-state index in [4.69, 9.17) is 9.47 Å². The molecular formula is C28H31N3O7. The van der Waals surface area contributed by atoms with Crippen molar-refractivity contribution in [2.75, 3.05) is 13.7 Å². The lowest BCUT2D eigenvalue weighted by Crippen LogP contribution is -2.57. The van der Waals surface area contributed by atoms with Crippen LogP contribution in [0, 0.1) is 5.41 Å². The number of fused-ring (bicyclic) bond motifs is 1. The van der Waals surface area contributed by atoms with Gasteiger partial charge in [-0.1, -0.05) is 42.5 Å². The summed E-state index contributed by atoms with van der Waals surface area (Å²) >= 11 is 0. The van der Waals surface area contributed by atoms with Crippen LogP contribution in [0.2, 0.25) is 0 Å². The smallest absolute Gasteiger partial charge is 0.407 e. The minimum absolute atomic E-state index is 0.0913. The van der Waals surface area contributed by atoms with E-state index in [9.17, 15) is 24.0 Å². The molecule has 10 nitrogen and oxygen atoms in total. The van der Waals surface area contributed by atoms with Crippen molar-refractivity contribution in [2.24, 2.45) is 5.41 Å². The van der Waals surface area contributed by atoms with Gasteiger partial charge in [-0.05, 0) is 43.0 Å². The highest BCUT2D eigenvalue weighted by Gasteiger charge is 2.45. The molecule has 4 amide bonds. The van der Waals surface area contributed by atoms with Crippen molar-refractivity contribution in [3.05, 3.63) is 70.8 Å². The van der Waals surface area contributed by atoms with Crippen LogP contribution in [0.5, 0.6) is 0 Å². The van der Waals surface area contributed by atoms with Gasteiger partial charge in [-0.15, -0.1) is 0 Å². The van der Waals surface area contributed by atoms with E-state index in [0.717, 1.165) is 21.6 Å². The summed E-state index contributed by atoms with van der Waals surface area (Å²) < 4.78 is 10.0. The standard InChI is InChI=1S/C28H31N3O7/c1-28(2,26(35)37-3)17-31-23(32)12-11-22(25(31)34)30-15-20-13-19(9-10-21(20)24(30)33)14-29-27(36)38-16-18-7-5-4-6-8-18/h4-10,13,22H,11-12,14-17H2,1-3H3,(H,29,36). The summed E-state index contributed by atoms with van der Waals surface area (Å²) in [7, 11) is 1.25. The second-order valence-corrected chi connectivity index (χ2v) is 10.1. The molecule has 2 aliphatic rings. The molecule has 0 aliphatic carbocycles. The topological polar surface area (TPSA) is 122 Å². The van der Waals surface area contributed by atoms with E-state index in [-0.39, 0.29) is 50.9 Å². The number of rotatable bonds is 8. The van der Waals surface area contributed by atoms with Crippen LogP contribution in [0.3, 0.4) is 0 Å². The predicted octanol–water partition coefficient (Wildman–Crippen LogP) is 2.79. The van der Waals surface area contributed by atoms with Crippen LogP contribution in [0.25, 0.3) is 0 Å². The molecule has 0 spiro atoms. The van der Waals surface area contributed by atoms with Gasteiger partial charge >= 0.3 is 12.1 Å². The zero-order valence-electron chi connectivity index (χ0n) is 21.7. The summed E-state index contributed by atoms with van der Waals surface area (Å²) in [5, 5.41) is 2.70. The molecule has 2 aromatic rings. The quantitative estimate of drug-likeness (QED) is 0.419. The summed E-state index contributed by atoms with van der Waals surface area (Å²) in [5.74, 6) is -1.70. The normalized spacial score (nSPS) is 17.3. The molecule has 0 saturated carbocycles. The van der Waals surface area contributed by atoms with Crippen molar-refractivity contribution in [3.63, 3.8) is 0 Å². The van der Waals surface area contributed by atoms with Crippen LogP contribution in [0.4, 0.5) is 4.79 Å². The predicted molar refractivity (Wildman–Crippen MR) is 135 cm³/mol. The van der Waals surface area contributed by atoms with E-state index >= 15 is 0 Å². The lowest BCUT2D eigenvalue weighted by Gasteiger charge is -2.38. The van der Waals surface area contributed by atoms with Crippen molar-refractivity contribution in [1.82, 2.24) is 15.1 Å². The number of nitrogens with one attached hydrogen (secondary N) is 1. The maximum atomic E-state index is 13.3. The molecule has 1 unspecified atom stereocenters. The second-order valence-electron chi connectivity index (χ2n) is 10.1. The number of likely N-dealkylation sites (tertiary alicyclic amines) is 1. The molecule has 4 rings (SSSR count). The minimum atomic E-state index is -1.08. The zero-order valence-corrected chi connectivity index (χ0v) is 21.7. The Hall–Kier alpha value is -4.21. The van der Waals surface area contributed by atoms with E-state index in [1.54, 1.807) is 26.0 Å². The van der Waals surface area contributed by atoms with Gasteiger partial charge in [0.25, 0.3) is 11.8 Å². The monoisotopic (exact) mass is 521 g/mol. The van der Waals surface area contributed by atoms with Crippen molar-refractivity contribution in [2.45, 2.75) is 52.4 Å². The molecule has 2 aliphatic heterocycles. The first kappa shape index (κ1) is 26.8. The molecule has 0 radical (unpaired) electrons. The van der Waals surface area contributed by atoms with Crippen molar-refractivity contribution >= 4 is 29.8 Å². The molecule has 10 heteroatoms. The maximum Gasteiger partial charge on any atom is 0.407 e. The van der Waals surface area contributed by atoms with Gasteiger partial charge in [0.1, 0.15) is 12.6 Å². The molecule has 200 valence electrons. The number of methoxy groups -OCH3 is 1. The number of imide groups is 1. The number of hydrogen-bond donors (Lipinski definition) is 1. The Morgan fingerprint density at radius 2 is 1.79 bits per heavy atom. The van der Waals surface area contributed by atoms with Gasteiger partial charge in [0, 0.05) is 31.6 Å². The van der Waals surface area contributed by atoms with Gasteiger partial charge in [0.15, 0.2) is 0 Å². The number of ether oxygens (including phenoxy) is 2. The van der Waals surface area contributed by atoms with E-state index in [1.807, 2.05) is 36.4 Å². The highest BCUT2D eigenvalue weighted by Crippen LogP contribution is 2.31. The number of alkyl carbamates (subject to hydrolysis) is 1. The third-order valence-electron chi connectivity index (χ3n) is 6.80. The maximum absolute atomic E-state index is 13.3. The van der Waals surface area contributed by atoms with Gasteiger partial charge < -0.3 is 19.7 Å². The number of piperidine rings is 1. The number of amides is 4. The first-order valence-corrected chi connectivity index (χ1v) is 12.4. The van der Waals surface area contributed by atoms with Crippen LogP contribution >= 0.6 is 0 Å². The average Bonchev–Trinajstić information content (AvgIpc) is 3.24. The fourth-order valence-corrected chi connectivity index (χ4v) is 4.72. The molecule has 1 atom stereocenters. The Balaban J connectivity index is 1.38. The Morgan fingerprint density at radius 1 is 1.05 bits per heavy atom. The Morgan fingerprint density at radius 3 is 2.50 bits per heavy atom. The van der Waals surface area contributed by atoms with Crippen LogP contribution in [0.1, 0.15) is 53.7 Å². The Labute approximate surface area is 220 Å². The van der Waals surface area contributed by atoms with Crippen LogP contribution in [-0.2, 0) is 43.6 Å². The molecule has 2 aromatic carbocycles. The largest absolute Gasteiger partial charge is 0.469 e. The van der Waals surface area contributed by atoms with E-state index in [2.05, 4.69) is 5.32 Å². The SMILES string of the molecule is COC(=O)C(C)(C)CN1C(=O)CCC(N2Cc3cc(CNC(=O)OCc4ccccc4)ccc3C2=O)C1=O. The first-order chi connectivity index (χ1) is 18.1. The van der Waals surface area contributed by atoms with E-state index < -0.39 is 29.4 Å². The molecule has 2 heterocycles. The molecule has 1 N–H and O–H groups in total. The summed E-state index contributed by atoms with van der Waals surface area (Å²) in [6.07, 6.45) is -0.248. The number of carbonyl (C=O) groups excluding carboxylic acids is 5. The summed E-state index contributed by atoms with van der Waals surface area (Å²) in [4.78, 5) is 65.8. The number of esters is 1. The molecule has 1 fully saturated rings. The third-order valence-corrected chi connectivity index (χ3v) is 6.80. The highest BCUT2D eigenvalue weighted by molar-refractivity contribution is 6.05. The van der Waals surface area contributed by atoms with Gasteiger partial charge in [-0.3, -0.25) is 24.1 Å². The molecular weight excluding hydrogens is 490 g/mol. The van der Waals surface area contributed by atoms with E-state index in [0.29, 0.717) is 5.56 Å². The number of benzene rings is 2. The van der Waals surface area contributed by atoms with Gasteiger partial charge in [-0.25, -0.2) is 4.79 Å². The first-order valence-electron chi connectivity index (χ1n) is 12.4. The highest BCUT2D eigenvalue weighted by atomic mass is 16.5. The van der Waals surface area contributed by atoms with Crippen LogP contribution in [0.15, 0.2) is 48.5 Å². The van der Waals surface area contributed by atoms with Crippen LogP contribution < -0.4 is 5.32 Å². The molecule has 1 saturated heterocycles. The van der Waals surface area contributed by atoms with Crippen molar-refractivity contribution in [1.29, 1.82) is 0 Å². The fourth-order valence-electron chi connectivity index (χ4n) is 4.72. The minimum Gasteiger partial charge on any atom is -0.469 e. The van der Waals surface area contributed by atoms with Crippen LogP contribution in [-0.4, -0.2) is 59.3 Å². The van der Waals surface area contributed by atoms with Gasteiger partial charge in [-0.2, -0.15) is 0 Å². The summed E-state index contributed by atoms with van der Waals surface area (Å²) in [5.41, 5.74) is 1.79. The lowest BCUT2D eigenvalue weighted by atomic mass is 9.91. The average molecular weight is 522 g/mol. The second kappa shape index (κ2) is 11.0. The van der Waals surface area contributed by atoms with Crippen molar-refractivity contribution in [3.8, 4) is 0 Å². The van der Waals surface area contributed by atoms with E-state index in [1.165, 1.54) is 12.0 Å². The van der Waals surface area contributed by atoms with Gasteiger partial charge in [0.05, 0.1) is 12.5 Å². The number of hydrogen-bond acceptors (Lipinski definition) is 7. The fraction of sp³-hybridized carbons (Fsp3) is 0.393. The van der Waals surface area contributed by atoms with Crippen molar-refractivity contribution < 1.29 is 33.4 Å². The number of nitrogens with zero attached hydrogens (tertiary/aromatic N) is 2. The number of carbonyl (C=O) groups is 5. The molecule has 0 aromatic heterocycles. The zero-order chi connectivity index (χ0) is 27.4. The Kier molecular flexibility index (Phi) is 7.80. The summed E-state index contributed by atoms with van der Waals surface area (Å²) in [6.45, 7) is 3.66.